The van der Waals surface area contributed by atoms with Gasteiger partial charge in [0.2, 0.25) is 5.91 Å². The average molecular weight is 342 g/mol. The molecule has 0 aliphatic carbocycles. The van der Waals surface area contributed by atoms with Crippen LogP contribution < -0.4 is 20.1 Å². The molecule has 0 aromatic heterocycles. The highest BCUT2D eigenvalue weighted by molar-refractivity contribution is 6.05. The van der Waals surface area contributed by atoms with E-state index in [0.717, 1.165) is 0 Å². The Balaban J connectivity index is 2.17. The fourth-order valence-electron chi connectivity index (χ4n) is 2.12. The van der Waals surface area contributed by atoms with Crippen molar-refractivity contribution in [1.29, 1.82) is 0 Å². The van der Waals surface area contributed by atoms with Gasteiger partial charge < -0.3 is 20.1 Å². The molecule has 6 heteroatoms. The van der Waals surface area contributed by atoms with Crippen molar-refractivity contribution in [2.75, 3.05) is 24.9 Å². The summed E-state index contributed by atoms with van der Waals surface area (Å²) in [6, 6.07) is 11.9. The summed E-state index contributed by atoms with van der Waals surface area (Å²) in [5.74, 6) is 0.568. The Morgan fingerprint density at radius 2 is 1.72 bits per heavy atom. The van der Waals surface area contributed by atoms with Gasteiger partial charge in [-0.15, -0.1) is 0 Å². The third kappa shape index (κ3) is 4.73. The molecular weight excluding hydrogens is 320 g/mol. The topological polar surface area (TPSA) is 76.7 Å². The lowest BCUT2D eigenvalue weighted by Gasteiger charge is -2.14. The molecule has 0 aliphatic heterocycles. The molecule has 0 saturated heterocycles. The van der Waals surface area contributed by atoms with Gasteiger partial charge in [0.25, 0.3) is 5.91 Å². The maximum Gasteiger partial charge on any atom is 0.255 e. The number of carbonyl (C=O) groups excluding carboxylic acids is 2. The monoisotopic (exact) mass is 342 g/mol. The Morgan fingerprint density at radius 1 is 0.960 bits per heavy atom. The van der Waals surface area contributed by atoms with Crippen LogP contribution in [0.4, 0.5) is 11.4 Å². The molecule has 2 amide bonds. The van der Waals surface area contributed by atoms with Crippen molar-refractivity contribution in [3.63, 3.8) is 0 Å². The summed E-state index contributed by atoms with van der Waals surface area (Å²) in [7, 11) is 3.06. The van der Waals surface area contributed by atoms with Crippen LogP contribution in [0.3, 0.4) is 0 Å². The number of hydrogen-bond donors (Lipinski definition) is 2. The highest BCUT2D eigenvalue weighted by atomic mass is 16.5. The second kappa shape index (κ2) is 8.19. The molecule has 2 rings (SSSR count). The van der Waals surface area contributed by atoms with E-state index in [9.17, 15) is 9.59 Å². The van der Waals surface area contributed by atoms with Crippen molar-refractivity contribution in [1.82, 2.24) is 0 Å². The quantitative estimate of drug-likeness (QED) is 0.842. The molecule has 132 valence electrons. The molecular formula is C19H22N2O4. The first-order chi connectivity index (χ1) is 11.9. The Kier molecular flexibility index (Phi) is 6.00. The number of benzene rings is 2. The van der Waals surface area contributed by atoms with Gasteiger partial charge in [0.1, 0.15) is 11.5 Å². The third-order valence-electron chi connectivity index (χ3n) is 3.57. The van der Waals surface area contributed by atoms with E-state index in [-0.39, 0.29) is 17.7 Å². The van der Waals surface area contributed by atoms with E-state index in [1.165, 1.54) is 7.11 Å². The summed E-state index contributed by atoms with van der Waals surface area (Å²) in [5.41, 5.74) is 1.60. The van der Waals surface area contributed by atoms with E-state index < -0.39 is 0 Å². The average Bonchev–Trinajstić information content (AvgIpc) is 2.62. The Labute approximate surface area is 147 Å². The van der Waals surface area contributed by atoms with Gasteiger partial charge in [0.15, 0.2) is 0 Å². The maximum absolute atomic E-state index is 12.4. The van der Waals surface area contributed by atoms with E-state index in [4.69, 9.17) is 9.47 Å². The van der Waals surface area contributed by atoms with Crippen LogP contribution in [0.2, 0.25) is 0 Å². The van der Waals surface area contributed by atoms with Gasteiger partial charge in [0.05, 0.1) is 19.9 Å². The van der Waals surface area contributed by atoms with Crippen molar-refractivity contribution >= 4 is 23.2 Å². The Morgan fingerprint density at radius 3 is 2.36 bits per heavy atom. The first-order valence-electron chi connectivity index (χ1n) is 7.89. The van der Waals surface area contributed by atoms with Gasteiger partial charge in [0, 0.05) is 23.2 Å². The van der Waals surface area contributed by atoms with Crippen molar-refractivity contribution < 1.29 is 19.1 Å². The zero-order chi connectivity index (χ0) is 18.4. The second-order valence-corrected chi connectivity index (χ2v) is 5.75. The number of anilines is 2. The number of amides is 2. The van der Waals surface area contributed by atoms with Crippen molar-refractivity contribution in [2.45, 2.75) is 13.8 Å². The smallest absolute Gasteiger partial charge is 0.255 e. The molecule has 0 fully saturated rings. The summed E-state index contributed by atoms with van der Waals surface area (Å²) >= 11 is 0. The summed E-state index contributed by atoms with van der Waals surface area (Å²) in [5, 5.41) is 5.60. The van der Waals surface area contributed by atoms with Gasteiger partial charge in [-0.3, -0.25) is 9.59 Å². The van der Waals surface area contributed by atoms with E-state index in [2.05, 4.69) is 10.6 Å². The molecule has 0 aliphatic rings. The molecule has 0 bridgehead atoms. The van der Waals surface area contributed by atoms with Crippen LogP contribution in [0.25, 0.3) is 0 Å². The number of hydrogen-bond acceptors (Lipinski definition) is 4. The van der Waals surface area contributed by atoms with Gasteiger partial charge >= 0.3 is 0 Å². The van der Waals surface area contributed by atoms with Crippen molar-refractivity contribution in [2.24, 2.45) is 5.92 Å². The van der Waals surface area contributed by atoms with Crippen LogP contribution in [-0.2, 0) is 4.79 Å². The van der Waals surface area contributed by atoms with Crippen LogP contribution >= 0.6 is 0 Å². The van der Waals surface area contributed by atoms with E-state index >= 15 is 0 Å². The lowest BCUT2D eigenvalue weighted by atomic mass is 10.1. The van der Waals surface area contributed by atoms with E-state index in [1.807, 2.05) is 13.8 Å². The summed E-state index contributed by atoms with van der Waals surface area (Å²) in [6.07, 6.45) is 0. The Bertz CT molecular complexity index is 772. The molecule has 2 N–H and O–H groups in total. The molecule has 25 heavy (non-hydrogen) atoms. The van der Waals surface area contributed by atoms with Crippen molar-refractivity contribution in [3.8, 4) is 11.5 Å². The lowest BCUT2D eigenvalue weighted by molar-refractivity contribution is -0.118. The van der Waals surface area contributed by atoms with Crippen LogP contribution in [-0.4, -0.2) is 26.0 Å². The van der Waals surface area contributed by atoms with Crippen LogP contribution in [0.5, 0.6) is 11.5 Å². The zero-order valence-electron chi connectivity index (χ0n) is 14.8. The molecule has 2 aromatic rings. The number of methoxy groups -OCH3 is 2. The summed E-state index contributed by atoms with van der Waals surface area (Å²) < 4.78 is 10.4. The van der Waals surface area contributed by atoms with Crippen LogP contribution in [0.1, 0.15) is 24.2 Å². The molecule has 0 saturated carbocycles. The number of nitrogens with one attached hydrogen (secondary N) is 2. The molecule has 2 aromatic carbocycles. The van der Waals surface area contributed by atoms with Gasteiger partial charge in [-0.1, -0.05) is 19.9 Å². The minimum atomic E-state index is -0.264. The van der Waals surface area contributed by atoms with Crippen molar-refractivity contribution in [3.05, 3.63) is 48.0 Å². The molecule has 0 heterocycles. The minimum absolute atomic E-state index is 0.105. The lowest BCUT2D eigenvalue weighted by Crippen LogP contribution is -2.18. The first-order valence-corrected chi connectivity index (χ1v) is 7.89. The van der Waals surface area contributed by atoms with E-state index in [1.54, 1.807) is 49.6 Å². The fraction of sp³-hybridized carbons (Fsp3) is 0.263. The molecule has 0 unspecified atom stereocenters. The third-order valence-corrected chi connectivity index (χ3v) is 3.57. The van der Waals surface area contributed by atoms with Crippen LogP contribution in [0.15, 0.2) is 42.5 Å². The van der Waals surface area contributed by atoms with Gasteiger partial charge in [-0.25, -0.2) is 0 Å². The molecule has 6 nitrogen and oxygen atoms in total. The van der Waals surface area contributed by atoms with Crippen LogP contribution in [0, 0.1) is 5.92 Å². The minimum Gasteiger partial charge on any atom is -0.497 e. The number of carbonyl (C=O) groups is 2. The SMILES string of the molecule is COc1cccc(C(=O)Nc2ccc(NC(=O)C(C)C)c(OC)c2)c1. The maximum atomic E-state index is 12.4. The zero-order valence-corrected chi connectivity index (χ0v) is 14.8. The number of ether oxygens (including phenoxy) is 2. The van der Waals surface area contributed by atoms with E-state index in [0.29, 0.717) is 28.4 Å². The fourth-order valence-corrected chi connectivity index (χ4v) is 2.12. The van der Waals surface area contributed by atoms with Gasteiger partial charge in [-0.05, 0) is 30.3 Å². The highest BCUT2D eigenvalue weighted by Gasteiger charge is 2.13. The molecule has 0 atom stereocenters. The molecule has 0 radical (unpaired) electrons. The summed E-state index contributed by atoms with van der Waals surface area (Å²) in [4.78, 5) is 24.2. The predicted molar refractivity (Wildman–Crippen MR) is 97.4 cm³/mol. The molecule has 0 spiro atoms. The highest BCUT2D eigenvalue weighted by Crippen LogP contribution is 2.28. The first kappa shape index (κ1) is 18.3. The normalized spacial score (nSPS) is 10.3. The predicted octanol–water partition coefficient (Wildman–Crippen LogP) is 3.55. The summed E-state index contributed by atoms with van der Waals surface area (Å²) in [6.45, 7) is 3.62. The Hall–Kier alpha value is -3.02. The van der Waals surface area contributed by atoms with Gasteiger partial charge in [-0.2, -0.15) is 0 Å². The number of rotatable bonds is 6. The largest absolute Gasteiger partial charge is 0.497 e. The standard InChI is InChI=1S/C19H22N2O4/c1-12(2)18(22)21-16-9-8-14(11-17(16)25-4)20-19(23)13-6-5-7-15(10-13)24-3/h5-12H,1-4H3,(H,20,23)(H,21,22). The second-order valence-electron chi connectivity index (χ2n) is 5.75.